The van der Waals surface area contributed by atoms with Crippen LogP contribution in [0.15, 0.2) is 24.3 Å². The molecule has 1 aliphatic rings. The molecule has 4 heteroatoms. The summed E-state index contributed by atoms with van der Waals surface area (Å²) in [6.45, 7) is 8.76. The first-order valence-corrected chi connectivity index (χ1v) is 7.92. The van der Waals surface area contributed by atoms with E-state index in [1.54, 1.807) is 0 Å². The molecule has 22 heavy (non-hydrogen) atoms. The zero-order valence-electron chi connectivity index (χ0n) is 13.6. The summed E-state index contributed by atoms with van der Waals surface area (Å²) in [5.74, 6) is 1.51. The average molecular weight is 297 g/mol. The van der Waals surface area contributed by atoms with E-state index in [-0.39, 0.29) is 0 Å². The fourth-order valence-electron chi connectivity index (χ4n) is 2.74. The van der Waals surface area contributed by atoms with Crippen molar-refractivity contribution in [2.45, 2.75) is 40.2 Å². The summed E-state index contributed by atoms with van der Waals surface area (Å²) < 4.78 is 5.98. The molecular weight excluding hydrogens is 274 g/mol. The molecule has 1 aromatic carbocycles. The molecule has 4 nitrogen and oxygen atoms in total. The van der Waals surface area contributed by atoms with Crippen molar-refractivity contribution < 1.29 is 4.74 Å². The average Bonchev–Trinajstić information content (AvgIpc) is 3.03. The number of aryl methyl sites for hydroxylation is 2. The fraction of sp³-hybridized carbons (Fsp3) is 0.444. The predicted octanol–water partition coefficient (Wildman–Crippen LogP) is 3.58. The van der Waals surface area contributed by atoms with Gasteiger partial charge in [0.05, 0.1) is 0 Å². The first-order chi connectivity index (χ1) is 10.6. The van der Waals surface area contributed by atoms with Crippen LogP contribution in [0.25, 0.3) is 0 Å². The Morgan fingerprint density at radius 1 is 1.09 bits per heavy atom. The van der Waals surface area contributed by atoms with Crippen molar-refractivity contribution in [1.29, 1.82) is 0 Å². The summed E-state index contributed by atoms with van der Waals surface area (Å²) in [5, 5.41) is 0. The molecule has 0 unspecified atom stereocenters. The van der Waals surface area contributed by atoms with Crippen LogP contribution in [-0.4, -0.2) is 23.1 Å². The van der Waals surface area contributed by atoms with Gasteiger partial charge in [-0.1, -0.05) is 29.8 Å². The van der Waals surface area contributed by atoms with Crippen molar-refractivity contribution >= 4 is 5.95 Å². The second-order valence-electron chi connectivity index (χ2n) is 6.01. The van der Waals surface area contributed by atoms with Gasteiger partial charge < -0.3 is 9.64 Å². The highest BCUT2D eigenvalue weighted by molar-refractivity contribution is 5.40. The van der Waals surface area contributed by atoms with Gasteiger partial charge in [0.15, 0.2) is 0 Å². The van der Waals surface area contributed by atoms with Crippen LogP contribution in [0.4, 0.5) is 5.95 Å². The number of hydrogen-bond acceptors (Lipinski definition) is 4. The highest BCUT2D eigenvalue weighted by Gasteiger charge is 2.18. The monoisotopic (exact) mass is 297 g/mol. The lowest BCUT2D eigenvalue weighted by Crippen LogP contribution is -2.21. The van der Waals surface area contributed by atoms with Crippen LogP contribution in [0.2, 0.25) is 0 Å². The maximum Gasteiger partial charge on any atom is 0.228 e. The molecule has 116 valence electrons. The summed E-state index contributed by atoms with van der Waals surface area (Å²) >= 11 is 0. The minimum absolute atomic E-state index is 0.540. The number of nitrogens with zero attached hydrogens (tertiary/aromatic N) is 3. The van der Waals surface area contributed by atoms with Gasteiger partial charge in [0, 0.05) is 24.3 Å². The quantitative estimate of drug-likeness (QED) is 0.864. The summed E-state index contributed by atoms with van der Waals surface area (Å²) in [6.07, 6.45) is 2.44. The fourth-order valence-corrected chi connectivity index (χ4v) is 2.74. The number of hydrogen-bond donors (Lipinski definition) is 0. The molecule has 0 bridgehead atoms. The molecule has 1 saturated heterocycles. The van der Waals surface area contributed by atoms with Crippen molar-refractivity contribution in [1.82, 2.24) is 9.97 Å². The van der Waals surface area contributed by atoms with Gasteiger partial charge >= 0.3 is 0 Å². The van der Waals surface area contributed by atoms with Gasteiger partial charge in [-0.05, 0) is 39.2 Å². The number of benzene rings is 1. The summed E-state index contributed by atoms with van der Waals surface area (Å²) in [7, 11) is 0. The van der Waals surface area contributed by atoms with Gasteiger partial charge in [-0.25, -0.2) is 4.98 Å². The van der Waals surface area contributed by atoms with Crippen LogP contribution in [0.5, 0.6) is 5.88 Å². The van der Waals surface area contributed by atoms with Crippen LogP contribution in [-0.2, 0) is 6.61 Å². The molecule has 0 spiro atoms. The number of aromatic nitrogens is 2. The molecule has 1 fully saturated rings. The van der Waals surface area contributed by atoms with Crippen molar-refractivity contribution in [2.75, 3.05) is 18.0 Å². The van der Waals surface area contributed by atoms with Crippen molar-refractivity contribution in [3.8, 4) is 5.88 Å². The lowest BCUT2D eigenvalue weighted by Gasteiger charge is -2.18. The molecule has 1 aliphatic heterocycles. The van der Waals surface area contributed by atoms with E-state index in [1.807, 2.05) is 13.8 Å². The van der Waals surface area contributed by atoms with Crippen LogP contribution in [0.3, 0.4) is 0 Å². The third-order valence-electron chi connectivity index (χ3n) is 4.18. The van der Waals surface area contributed by atoms with Crippen LogP contribution >= 0.6 is 0 Å². The third-order valence-corrected chi connectivity index (χ3v) is 4.18. The Kier molecular flexibility index (Phi) is 4.27. The Morgan fingerprint density at radius 2 is 1.86 bits per heavy atom. The summed E-state index contributed by atoms with van der Waals surface area (Å²) in [5.41, 5.74) is 4.43. The van der Waals surface area contributed by atoms with E-state index < -0.39 is 0 Å². The summed E-state index contributed by atoms with van der Waals surface area (Å²) in [6, 6.07) is 8.37. The molecular formula is C18H23N3O. The van der Waals surface area contributed by atoms with E-state index in [0.717, 1.165) is 30.3 Å². The lowest BCUT2D eigenvalue weighted by atomic mass is 10.1. The Hall–Kier alpha value is -2.10. The minimum Gasteiger partial charge on any atom is -0.472 e. The first kappa shape index (κ1) is 14.8. The third kappa shape index (κ3) is 3.21. The van der Waals surface area contributed by atoms with Gasteiger partial charge in [0.2, 0.25) is 11.8 Å². The topological polar surface area (TPSA) is 38.2 Å². The maximum atomic E-state index is 5.98. The first-order valence-electron chi connectivity index (χ1n) is 7.92. The van der Waals surface area contributed by atoms with E-state index in [9.17, 15) is 0 Å². The lowest BCUT2D eigenvalue weighted by molar-refractivity contribution is 0.290. The zero-order valence-corrected chi connectivity index (χ0v) is 13.6. The molecule has 2 heterocycles. The van der Waals surface area contributed by atoms with Crippen molar-refractivity contribution in [3.63, 3.8) is 0 Å². The Balaban J connectivity index is 1.80. The van der Waals surface area contributed by atoms with Gasteiger partial charge in [0.25, 0.3) is 0 Å². The highest BCUT2D eigenvalue weighted by atomic mass is 16.5. The van der Waals surface area contributed by atoms with Gasteiger partial charge in [0.1, 0.15) is 6.61 Å². The molecule has 2 aromatic rings. The standard InChI is InChI=1S/C18H23N3O/c1-13-7-6-8-16(11-13)12-22-17-14(2)15(3)19-18(20-17)21-9-4-5-10-21/h6-8,11H,4-5,9-10,12H2,1-3H3. The van der Waals surface area contributed by atoms with Gasteiger partial charge in [-0.2, -0.15) is 4.98 Å². The molecule has 3 rings (SSSR count). The summed E-state index contributed by atoms with van der Waals surface area (Å²) in [4.78, 5) is 11.5. The van der Waals surface area contributed by atoms with Crippen molar-refractivity contribution in [3.05, 3.63) is 46.6 Å². The molecule has 0 atom stereocenters. The van der Waals surface area contributed by atoms with Crippen LogP contribution in [0, 0.1) is 20.8 Å². The van der Waals surface area contributed by atoms with E-state index in [4.69, 9.17) is 4.74 Å². The largest absolute Gasteiger partial charge is 0.472 e. The SMILES string of the molecule is Cc1cccc(COc2nc(N3CCCC3)nc(C)c2C)c1. The molecule has 0 N–H and O–H groups in total. The van der Waals surface area contributed by atoms with E-state index >= 15 is 0 Å². The maximum absolute atomic E-state index is 5.98. The normalized spacial score (nSPS) is 14.4. The second kappa shape index (κ2) is 6.34. The predicted molar refractivity (Wildman–Crippen MR) is 88.5 cm³/mol. The van der Waals surface area contributed by atoms with Crippen LogP contribution < -0.4 is 9.64 Å². The number of rotatable bonds is 4. The van der Waals surface area contributed by atoms with Crippen molar-refractivity contribution in [2.24, 2.45) is 0 Å². The van der Waals surface area contributed by atoms with E-state index in [0.29, 0.717) is 12.5 Å². The smallest absolute Gasteiger partial charge is 0.228 e. The molecule has 0 amide bonds. The molecule has 0 saturated carbocycles. The Labute approximate surface area is 132 Å². The molecule has 0 aliphatic carbocycles. The molecule has 1 aromatic heterocycles. The number of ether oxygens (including phenoxy) is 1. The highest BCUT2D eigenvalue weighted by Crippen LogP contribution is 2.24. The van der Waals surface area contributed by atoms with Gasteiger partial charge in [-0.15, -0.1) is 0 Å². The minimum atomic E-state index is 0.540. The second-order valence-corrected chi connectivity index (χ2v) is 6.01. The van der Waals surface area contributed by atoms with Gasteiger partial charge in [-0.3, -0.25) is 0 Å². The van der Waals surface area contributed by atoms with E-state index in [2.05, 4.69) is 46.1 Å². The van der Waals surface area contributed by atoms with E-state index in [1.165, 1.54) is 24.0 Å². The Morgan fingerprint density at radius 3 is 2.59 bits per heavy atom. The zero-order chi connectivity index (χ0) is 15.5. The number of anilines is 1. The molecule has 0 radical (unpaired) electrons. The Bertz CT molecular complexity index is 663. The van der Waals surface area contributed by atoms with Crippen LogP contribution in [0.1, 0.15) is 35.2 Å².